The Balaban J connectivity index is 2.49. The fraction of sp³-hybridized carbons (Fsp3) is 0.286. The minimum atomic E-state index is -0.446. The van der Waals surface area contributed by atoms with Crippen LogP contribution in [0.3, 0.4) is 0 Å². The van der Waals surface area contributed by atoms with E-state index in [1.165, 1.54) is 19.4 Å². The highest BCUT2D eigenvalue weighted by molar-refractivity contribution is 5.71. The Morgan fingerprint density at radius 2 is 2.19 bits per heavy atom. The van der Waals surface area contributed by atoms with Crippen LogP contribution in [-0.2, 0) is 0 Å². The molecule has 0 atom stereocenters. The van der Waals surface area contributed by atoms with Crippen molar-refractivity contribution in [2.24, 2.45) is 0 Å². The lowest BCUT2D eigenvalue weighted by Crippen LogP contribution is -2.04. The average molecular weight is 288 g/mol. The maximum atomic E-state index is 11.2. The maximum Gasteiger partial charge on any atom is 0.295 e. The van der Waals surface area contributed by atoms with Gasteiger partial charge in [0, 0.05) is 30.4 Å². The van der Waals surface area contributed by atoms with E-state index >= 15 is 0 Å². The number of nitrogens with zero attached hydrogens (tertiary/aromatic N) is 3. The van der Waals surface area contributed by atoms with Crippen molar-refractivity contribution in [2.45, 2.75) is 13.3 Å². The molecule has 2 rings (SSSR count). The van der Waals surface area contributed by atoms with Crippen LogP contribution in [0.15, 0.2) is 30.5 Å². The fourth-order valence-corrected chi connectivity index (χ4v) is 1.83. The Morgan fingerprint density at radius 3 is 2.86 bits per heavy atom. The lowest BCUT2D eigenvalue weighted by atomic mass is 10.1. The molecule has 2 aromatic rings. The summed E-state index contributed by atoms with van der Waals surface area (Å²) in [4.78, 5) is 19.1. The lowest BCUT2D eigenvalue weighted by Gasteiger charge is -2.08. The maximum absolute atomic E-state index is 11.2. The smallest absolute Gasteiger partial charge is 0.295 e. The molecule has 0 unspecified atom stereocenters. The molecule has 0 aliphatic carbocycles. The predicted octanol–water partition coefficient (Wildman–Crippen LogP) is 2.88. The second-order valence-corrected chi connectivity index (χ2v) is 4.33. The molecule has 2 aromatic heterocycles. The van der Waals surface area contributed by atoms with Crippen LogP contribution in [-0.4, -0.2) is 28.5 Å². The Hall–Kier alpha value is -2.70. The summed E-state index contributed by atoms with van der Waals surface area (Å²) >= 11 is 0. The van der Waals surface area contributed by atoms with Crippen molar-refractivity contribution in [2.75, 3.05) is 19.0 Å². The molecule has 2 heterocycles. The fourth-order valence-electron chi connectivity index (χ4n) is 1.83. The molecule has 0 saturated heterocycles. The summed E-state index contributed by atoms with van der Waals surface area (Å²) in [6, 6.07) is 6.35. The third-order valence-corrected chi connectivity index (χ3v) is 2.84. The number of anilines is 1. The number of rotatable bonds is 6. The predicted molar refractivity (Wildman–Crippen MR) is 79.5 cm³/mol. The number of methoxy groups -OCH3 is 1. The molecule has 21 heavy (non-hydrogen) atoms. The van der Waals surface area contributed by atoms with E-state index < -0.39 is 4.92 Å². The van der Waals surface area contributed by atoms with Crippen molar-refractivity contribution < 1.29 is 9.66 Å². The molecule has 0 radical (unpaired) electrons. The summed E-state index contributed by atoms with van der Waals surface area (Å²) in [5.41, 5.74) is 0.834. The highest BCUT2D eigenvalue weighted by atomic mass is 16.6. The molecule has 0 aromatic carbocycles. The van der Waals surface area contributed by atoms with Crippen LogP contribution in [0.1, 0.15) is 13.3 Å². The van der Waals surface area contributed by atoms with Crippen molar-refractivity contribution in [3.8, 4) is 17.1 Å². The summed E-state index contributed by atoms with van der Waals surface area (Å²) in [5.74, 6) is 0.990. The van der Waals surface area contributed by atoms with E-state index in [0.717, 1.165) is 13.0 Å². The SMILES string of the molecule is CCCNc1ccc([N+](=O)[O-])c(-c2ccnc(OC)c2)n1. The highest BCUT2D eigenvalue weighted by Crippen LogP contribution is 2.30. The molecule has 110 valence electrons. The van der Waals surface area contributed by atoms with E-state index in [9.17, 15) is 10.1 Å². The van der Waals surface area contributed by atoms with Gasteiger partial charge in [-0.3, -0.25) is 10.1 Å². The topological polar surface area (TPSA) is 90.2 Å². The minimum absolute atomic E-state index is 0.0506. The summed E-state index contributed by atoms with van der Waals surface area (Å²) in [7, 11) is 1.49. The van der Waals surface area contributed by atoms with Gasteiger partial charge in [-0.05, 0) is 18.6 Å². The van der Waals surface area contributed by atoms with Crippen LogP contribution in [0.4, 0.5) is 11.5 Å². The number of nitro groups is 1. The molecule has 7 heteroatoms. The number of ether oxygens (including phenoxy) is 1. The zero-order chi connectivity index (χ0) is 15.2. The molecule has 0 bridgehead atoms. The van der Waals surface area contributed by atoms with Gasteiger partial charge in [0.2, 0.25) is 5.88 Å². The van der Waals surface area contributed by atoms with Gasteiger partial charge >= 0.3 is 0 Å². The van der Waals surface area contributed by atoms with Crippen molar-refractivity contribution in [1.29, 1.82) is 0 Å². The minimum Gasteiger partial charge on any atom is -0.481 e. The van der Waals surface area contributed by atoms with E-state index in [-0.39, 0.29) is 5.69 Å². The van der Waals surface area contributed by atoms with E-state index in [2.05, 4.69) is 15.3 Å². The van der Waals surface area contributed by atoms with E-state index in [0.29, 0.717) is 23.0 Å². The summed E-state index contributed by atoms with van der Waals surface area (Å²) < 4.78 is 5.05. The Kier molecular flexibility index (Phi) is 4.65. The first kappa shape index (κ1) is 14.7. The zero-order valence-corrected chi connectivity index (χ0v) is 11.9. The first-order valence-corrected chi connectivity index (χ1v) is 6.55. The number of pyridine rings is 2. The molecule has 0 fully saturated rings. The molecular formula is C14H16N4O3. The number of nitrogens with one attached hydrogen (secondary N) is 1. The van der Waals surface area contributed by atoms with Crippen LogP contribution in [0.2, 0.25) is 0 Å². The quantitative estimate of drug-likeness (QED) is 0.649. The average Bonchev–Trinajstić information content (AvgIpc) is 2.52. The van der Waals surface area contributed by atoms with Crippen molar-refractivity contribution in [1.82, 2.24) is 9.97 Å². The van der Waals surface area contributed by atoms with E-state index in [1.54, 1.807) is 18.2 Å². The van der Waals surface area contributed by atoms with Gasteiger partial charge in [-0.1, -0.05) is 6.92 Å². The van der Waals surface area contributed by atoms with Crippen LogP contribution in [0.25, 0.3) is 11.3 Å². The van der Waals surface area contributed by atoms with Gasteiger partial charge in [-0.25, -0.2) is 9.97 Å². The molecule has 7 nitrogen and oxygen atoms in total. The number of aromatic nitrogens is 2. The molecule has 0 spiro atoms. The first-order chi connectivity index (χ1) is 10.2. The van der Waals surface area contributed by atoms with E-state index in [1.807, 2.05) is 6.92 Å². The highest BCUT2D eigenvalue weighted by Gasteiger charge is 2.18. The molecule has 0 amide bonds. The van der Waals surface area contributed by atoms with Crippen molar-refractivity contribution in [3.05, 3.63) is 40.6 Å². The Bertz CT molecular complexity index is 646. The molecule has 0 aliphatic heterocycles. The van der Waals surface area contributed by atoms with Crippen molar-refractivity contribution in [3.63, 3.8) is 0 Å². The van der Waals surface area contributed by atoms with Gasteiger partial charge in [0.15, 0.2) is 5.69 Å². The van der Waals surface area contributed by atoms with Gasteiger partial charge in [0.25, 0.3) is 5.69 Å². The second-order valence-electron chi connectivity index (χ2n) is 4.33. The largest absolute Gasteiger partial charge is 0.481 e. The Morgan fingerprint density at radius 1 is 1.38 bits per heavy atom. The van der Waals surface area contributed by atoms with Crippen molar-refractivity contribution >= 4 is 11.5 Å². The molecule has 0 aliphatic rings. The van der Waals surface area contributed by atoms with Gasteiger partial charge in [-0.15, -0.1) is 0 Å². The zero-order valence-electron chi connectivity index (χ0n) is 11.9. The molecular weight excluding hydrogens is 272 g/mol. The summed E-state index contributed by atoms with van der Waals surface area (Å²) in [6.45, 7) is 2.79. The standard InChI is InChI=1S/C14H16N4O3/c1-3-7-15-12-5-4-11(18(19)20)14(17-12)10-6-8-16-13(9-10)21-2/h4-6,8-9H,3,7H2,1-2H3,(H,15,17). The first-order valence-electron chi connectivity index (χ1n) is 6.55. The monoisotopic (exact) mass is 288 g/mol. The third-order valence-electron chi connectivity index (χ3n) is 2.84. The summed E-state index contributed by atoms with van der Waals surface area (Å²) in [6.07, 6.45) is 2.47. The van der Waals surface area contributed by atoms with Crippen LogP contribution in [0.5, 0.6) is 5.88 Å². The second kappa shape index (κ2) is 6.65. The number of hydrogen-bond donors (Lipinski definition) is 1. The summed E-state index contributed by atoms with van der Waals surface area (Å²) in [5, 5.41) is 14.3. The van der Waals surface area contributed by atoms with Gasteiger partial charge in [0.05, 0.1) is 12.0 Å². The van der Waals surface area contributed by atoms with Gasteiger partial charge in [0.1, 0.15) is 5.82 Å². The number of hydrogen-bond acceptors (Lipinski definition) is 6. The van der Waals surface area contributed by atoms with Crippen LogP contribution in [0, 0.1) is 10.1 Å². The molecule has 1 N–H and O–H groups in total. The van der Waals surface area contributed by atoms with Gasteiger partial charge < -0.3 is 10.1 Å². The molecule has 0 saturated carbocycles. The van der Waals surface area contributed by atoms with Crippen LogP contribution >= 0.6 is 0 Å². The Labute approximate surface area is 122 Å². The van der Waals surface area contributed by atoms with E-state index in [4.69, 9.17) is 4.74 Å². The normalized spacial score (nSPS) is 10.2. The van der Waals surface area contributed by atoms with Crippen LogP contribution < -0.4 is 10.1 Å². The third kappa shape index (κ3) is 3.44. The lowest BCUT2D eigenvalue weighted by molar-refractivity contribution is -0.384. The van der Waals surface area contributed by atoms with Gasteiger partial charge in [-0.2, -0.15) is 0 Å².